The highest BCUT2D eigenvalue weighted by Gasteiger charge is 2.34. The second-order valence-corrected chi connectivity index (χ2v) is 6.21. The highest BCUT2D eigenvalue weighted by molar-refractivity contribution is 5.80. The normalized spacial score (nSPS) is 25.7. The standard InChI is InChI=1S/C18H25N3/c1-14-12-17(14)20-18(19-2)21-10-8-16(9-11-21)13-15-6-4-3-5-7-15/h3-7,13-14,17H,8-12H2,1-2H3,(H,19,20). The molecule has 1 aliphatic carbocycles. The fourth-order valence-corrected chi connectivity index (χ4v) is 2.92. The third-order valence-electron chi connectivity index (χ3n) is 4.51. The summed E-state index contributed by atoms with van der Waals surface area (Å²) in [6.45, 7) is 4.43. The van der Waals surface area contributed by atoms with Crippen molar-refractivity contribution < 1.29 is 0 Å². The van der Waals surface area contributed by atoms with Gasteiger partial charge in [0, 0.05) is 26.2 Å². The van der Waals surface area contributed by atoms with Gasteiger partial charge in [-0.2, -0.15) is 0 Å². The molecule has 3 heteroatoms. The van der Waals surface area contributed by atoms with Gasteiger partial charge in [0.1, 0.15) is 0 Å². The Bertz CT molecular complexity index is 523. The molecule has 0 spiro atoms. The molecule has 2 fully saturated rings. The largest absolute Gasteiger partial charge is 0.353 e. The van der Waals surface area contributed by atoms with E-state index in [1.165, 1.54) is 12.0 Å². The fraction of sp³-hybridized carbons (Fsp3) is 0.500. The van der Waals surface area contributed by atoms with Crippen molar-refractivity contribution in [2.45, 2.75) is 32.2 Å². The summed E-state index contributed by atoms with van der Waals surface area (Å²) in [4.78, 5) is 6.84. The Labute approximate surface area is 127 Å². The van der Waals surface area contributed by atoms with Gasteiger partial charge in [-0.25, -0.2) is 0 Å². The first-order valence-electron chi connectivity index (χ1n) is 7.99. The lowest BCUT2D eigenvalue weighted by atomic mass is 10.0. The Morgan fingerprint density at radius 2 is 1.90 bits per heavy atom. The summed E-state index contributed by atoms with van der Waals surface area (Å²) in [7, 11) is 1.89. The molecule has 1 aromatic rings. The molecule has 0 aromatic heterocycles. The topological polar surface area (TPSA) is 27.6 Å². The molecule has 112 valence electrons. The van der Waals surface area contributed by atoms with E-state index in [0.29, 0.717) is 6.04 Å². The van der Waals surface area contributed by atoms with E-state index in [-0.39, 0.29) is 0 Å². The van der Waals surface area contributed by atoms with Crippen molar-refractivity contribution in [1.29, 1.82) is 0 Å². The summed E-state index contributed by atoms with van der Waals surface area (Å²) < 4.78 is 0. The molecule has 0 amide bonds. The first-order valence-corrected chi connectivity index (χ1v) is 7.99. The van der Waals surface area contributed by atoms with Crippen LogP contribution in [0.5, 0.6) is 0 Å². The summed E-state index contributed by atoms with van der Waals surface area (Å²) >= 11 is 0. The lowest BCUT2D eigenvalue weighted by molar-refractivity contribution is 0.374. The molecule has 1 heterocycles. The van der Waals surface area contributed by atoms with Gasteiger partial charge in [-0.3, -0.25) is 4.99 Å². The minimum Gasteiger partial charge on any atom is -0.353 e. The Hall–Kier alpha value is -1.77. The molecule has 1 saturated heterocycles. The van der Waals surface area contributed by atoms with E-state index in [9.17, 15) is 0 Å². The molecule has 1 aromatic carbocycles. The van der Waals surface area contributed by atoms with Crippen LogP contribution in [0.15, 0.2) is 40.9 Å². The maximum atomic E-state index is 4.45. The van der Waals surface area contributed by atoms with E-state index in [0.717, 1.165) is 37.8 Å². The third kappa shape index (κ3) is 3.66. The summed E-state index contributed by atoms with van der Waals surface area (Å²) in [6, 6.07) is 11.3. The zero-order valence-electron chi connectivity index (χ0n) is 13.0. The number of piperidine rings is 1. The quantitative estimate of drug-likeness (QED) is 0.667. The minimum absolute atomic E-state index is 0.643. The van der Waals surface area contributed by atoms with Crippen LogP contribution in [-0.2, 0) is 0 Å². The molecule has 1 aliphatic heterocycles. The lowest BCUT2D eigenvalue weighted by Crippen LogP contribution is -2.45. The molecule has 2 aliphatic rings. The first-order chi connectivity index (χ1) is 10.3. The summed E-state index contributed by atoms with van der Waals surface area (Å²) in [6.07, 6.45) is 5.90. The highest BCUT2D eigenvalue weighted by atomic mass is 15.3. The predicted molar refractivity (Wildman–Crippen MR) is 89.3 cm³/mol. The van der Waals surface area contributed by atoms with Crippen LogP contribution in [0.4, 0.5) is 0 Å². The SMILES string of the molecule is CN=C(NC1CC1C)N1CCC(=Cc2ccccc2)CC1. The smallest absolute Gasteiger partial charge is 0.193 e. The number of nitrogens with zero attached hydrogens (tertiary/aromatic N) is 2. The van der Waals surface area contributed by atoms with Gasteiger partial charge in [0.2, 0.25) is 0 Å². The fourth-order valence-electron chi connectivity index (χ4n) is 2.92. The second-order valence-electron chi connectivity index (χ2n) is 6.21. The van der Waals surface area contributed by atoms with Gasteiger partial charge in [-0.15, -0.1) is 0 Å². The lowest BCUT2D eigenvalue weighted by Gasteiger charge is -2.31. The van der Waals surface area contributed by atoms with Crippen LogP contribution in [-0.4, -0.2) is 37.0 Å². The van der Waals surface area contributed by atoms with Crippen LogP contribution < -0.4 is 5.32 Å². The van der Waals surface area contributed by atoms with Crippen molar-refractivity contribution in [3.63, 3.8) is 0 Å². The second kappa shape index (κ2) is 6.33. The van der Waals surface area contributed by atoms with Crippen molar-refractivity contribution in [1.82, 2.24) is 10.2 Å². The maximum absolute atomic E-state index is 4.45. The first kappa shape index (κ1) is 14.2. The van der Waals surface area contributed by atoms with Crippen molar-refractivity contribution in [3.8, 4) is 0 Å². The summed E-state index contributed by atoms with van der Waals surface area (Å²) in [5, 5.41) is 3.58. The average molecular weight is 283 g/mol. The van der Waals surface area contributed by atoms with Gasteiger partial charge in [-0.1, -0.05) is 48.9 Å². The molecule has 2 atom stereocenters. The maximum Gasteiger partial charge on any atom is 0.193 e. The Morgan fingerprint density at radius 1 is 1.24 bits per heavy atom. The molecule has 0 radical (unpaired) electrons. The van der Waals surface area contributed by atoms with Crippen molar-refractivity contribution >= 4 is 12.0 Å². The number of aliphatic imine (C=N–C) groups is 1. The molecule has 2 unspecified atom stereocenters. The van der Waals surface area contributed by atoms with Gasteiger partial charge < -0.3 is 10.2 Å². The number of nitrogens with one attached hydrogen (secondary N) is 1. The minimum atomic E-state index is 0.643. The summed E-state index contributed by atoms with van der Waals surface area (Å²) in [5.74, 6) is 1.89. The number of rotatable bonds is 2. The molecular weight excluding hydrogens is 258 g/mol. The molecule has 0 bridgehead atoms. The molecule has 21 heavy (non-hydrogen) atoms. The van der Waals surface area contributed by atoms with Crippen molar-refractivity contribution in [3.05, 3.63) is 41.5 Å². The van der Waals surface area contributed by atoms with E-state index < -0.39 is 0 Å². The van der Waals surface area contributed by atoms with E-state index in [4.69, 9.17) is 0 Å². The zero-order chi connectivity index (χ0) is 14.7. The van der Waals surface area contributed by atoms with E-state index in [1.807, 2.05) is 7.05 Å². The van der Waals surface area contributed by atoms with Crippen molar-refractivity contribution in [2.24, 2.45) is 10.9 Å². The van der Waals surface area contributed by atoms with Crippen LogP contribution in [0.1, 0.15) is 31.7 Å². The zero-order valence-corrected chi connectivity index (χ0v) is 13.0. The molecule has 1 saturated carbocycles. The van der Waals surface area contributed by atoms with Gasteiger partial charge in [0.25, 0.3) is 0 Å². The Morgan fingerprint density at radius 3 is 2.48 bits per heavy atom. The Kier molecular flexibility index (Phi) is 4.28. The van der Waals surface area contributed by atoms with Crippen LogP contribution in [0.25, 0.3) is 6.08 Å². The van der Waals surface area contributed by atoms with Gasteiger partial charge >= 0.3 is 0 Å². The highest BCUT2D eigenvalue weighted by Crippen LogP contribution is 2.29. The van der Waals surface area contributed by atoms with Crippen LogP contribution in [0.2, 0.25) is 0 Å². The molecular formula is C18H25N3. The van der Waals surface area contributed by atoms with Crippen molar-refractivity contribution in [2.75, 3.05) is 20.1 Å². The number of hydrogen-bond acceptors (Lipinski definition) is 1. The summed E-state index contributed by atoms with van der Waals surface area (Å²) in [5.41, 5.74) is 2.86. The van der Waals surface area contributed by atoms with Gasteiger partial charge in [0.15, 0.2) is 5.96 Å². The van der Waals surface area contributed by atoms with Crippen LogP contribution >= 0.6 is 0 Å². The molecule has 3 rings (SSSR count). The predicted octanol–water partition coefficient (Wildman–Crippen LogP) is 3.15. The number of hydrogen-bond donors (Lipinski definition) is 1. The van der Waals surface area contributed by atoms with E-state index in [2.05, 4.69) is 58.5 Å². The third-order valence-corrected chi connectivity index (χ3v) is 4.51. The van der Waals surface area contributed by atoms with Gasteiger partial charge in [0.05, 0.1) is 0 Å². The molecule has 3 nitrogen and oxygen atoms in total. The van der Waals surface area contributed by atoms with Crippen LogP contribution in [0, 0.1) is 5.92 Å². The average Bonchev–Trinajstić information content (AvgIpc) is 3.22. The van der Waals surface area contributed by atoms with Crippen LogP contribution in [0.3, 0.4) is 0 Å². The number of guanidine groups is 1. The van der Waals surface area contributed by atoms with E-state index >= 15 is 0 Å². The van der Waals surface area contributed by atoms with Gasteiger partial charge in [-0.05, 0) is 30.7 Å². The molecule has 1 N–H and O–H groups in total. The number of benzene rings is 1. The Balaban J connectivity index is 1.56. The monoisotopic (exact) mass is 283 g/mol. The number of likely N-dealkylation sites (tertiary alicyclic amines) is 1. The van der Waals surface area contributed by atoms with E-state index in [1.54, 1.807) is 5.57 Å².